The van der Waals surface area contributed by atoms with E-state index in [0.717, 1.165) is 38.5 Å². The van der Waals surface area contributed by atoms with Gasteiger partial charge in [0.2, 0.25) is 0 Å². The molecule has 0 heterocycles. The minimum Gasteiger partial charge on any atom is -0.450 e. The van der Waals surface area contributed by atoms with E-state index >= 15 is 0 Å². The molecule has 0 saturated carbocycles. The molecule has 2 N–H and O–H groups in total. The van der Waals surface area contributed by atoms with Gasteiger partial charge in [-0.2, -0.15) is 0 Å². The summed E-state index contributed by atoms with van der Waals surface area (Å²) in [5, 5.41) is 16.4. The number of rotatable bonds is 11. The zero-order valence-corrected chi connectivity index (χ0v) is 11.5. The van der Waals surface area contributed by atoms with E-state index < -0.39 is 12.3 Å². The molecule has 0 unspecified atom stereocenters. The van der Waals surface area contributed by atoms with Gasteiger partial charge in [0.05, 0.1) is 0 Å². The van der Waals surface area contributed by atoms with Gasteiger partial charge in [0.25, 0.3) is 0 Å². The number of unbranched alkanes of at least 4 members (excludes halogenated alkanes) is 5. The Hall–Kier alpha value is -1.98. The fourth-order valence-corrected chi connectivity index (χ4v) is 1.49. The van der Waals surface area contributed by atoms with Crippen molar-refractivity contribution in [2.75, 3.05) is 13.2 Å². The van der Waals surface area contributed by atoms with Gasteiger partial charge in [0, 0.05) is 0 Å². The molecule has 0 atom stereocenters. The monoisotopic (exact) mass is 286 g/mol. The van der Waals surface area contributed by atoms with E-state index in [4.69, 9.17) is 10.2 Å². The van der Waals surface area contributed by atoms with Crippen LogP contribution in [0.4, 0.5) is 9.59 Å². The summed E-state index contributed by atoms with van der Waals surface area (Å²) < 4.78 is 8.65. The van der Waals surface area contributed by atoms with Crippen LogP contribution in [0.2, 0.25) is 0 Å². The summed E-state index contributed by atoms with van der Waals surface area (Å²) >= 11 is 0. The Morgan fingerprint density at radius 1 is 0.700 bits per heavy atom. The van der Waals surface area contributed by atoms with E-state index in [0.29, 0.717) is 0 Å². The van der Waals surface area contributed by atoms with Crippen LogP contribution in [0.3, 0.4) is 0 Å². The van der Waals surface area contributed by atoms with E-state index in [1.807, 2.05) is 12.2 Å². The lowest BCUT2D eigenvalue weighted by Crippen LogP contribution is -1.98. The molecule has 0 spiro atoms. The van der Waals surface area contributed by atoms with Crippen LogP contribution in [-0.4, -0.2) is 35.7 Å². The van der Waals surface area contributed by atoms with Crippen LogP contribution >= 0.6 is 0 Å². The summed E-state index contributed by atoms with van der Waals surface area (Å²) in [6.07, 6.45) is 11.0. The molecule has 0 saturated heterocycles. The Labute approximate surface area is 118 Å². The summed E-state index contributed by atoms with van der Waals surface area (Å²) in [6, 6.07) is 0. The predicted octanol–water partition coefficient (Wildman–Crippen LogP) is 3.83. The van der Waals surface area contributed by atoms with Crippen LogP contribution in [0.5, 0.6) is 0 Å². The highest BCUT2D eigenvalue weighted by atomic mass is 16.7. The van der Waals surface area contributed by atoms with Crippen molar-refractivity contribution in [1.29, 1.82) is 0 Å². The molecule has 0 aliphatic heterocycles. The quantitative estimate of drug-likeness (QED) is 0.340. The zero-order chi connectivity index (χ0) is 15.1. The van der Waals surface area contributed by atoms with Crippen molar-refractivity contribution in [2.45, 2.75) is 38.5 Å². The van der Waals surface area contributed by atoms with Gasteiger partial charge in [-0.3, -0.25) is 0 Å². The summed E-state index contributed by atoms with van der Waals surface area (Å²) in [5.74, 6) is 0. The maximum Gasteiger partial charge on any atom is 0.506 e. The smallest absolute Gasteiger partial charge is 0.450 e. The van der Waals surface area contributed by atoms with Crippen LogP contribution in [-0.2, 0) is 9.47 Å². The zero-order valence-electron chi connectivity index (χ0n) is 11.5. The van der Waals surface area contributed by atoms with Gasteiger partial charge in [0.15, 0.2) is 0 Å². The molecule has 0 rings (SSSR count). The highest BCUT2D eigenvalue weighted by Gasteiger charge is 1.92. The summed E-state index contributed by atoms with van der Waals surface area (Å²) in [5.41, 5.74) is 0. The van der Waals surface area contributed by atoms with E-state index in [1.54, 1.807) is 12.2 Å². The molecule has 0 aromatic heterocycles. The standard InChI is InChI=1S/C14H22O6/c15-13(16)19-11-9-7-5-3-1-2-4-6-8-10-12-20-14(17)18/h7-10H,1-6,11-12H2,(H,15,16)(H,17,18). The van der Waals surface area contributed by atoms with Gasteiger partial charge < -0.3 is 19.7 Å². The van der Waals surface area contributed by atoms with E-state index in [2.05, 4.69) is 9.47 Å². The maximum absolute atomic E-state index is 10.0. The second-order valence-electron chi connectivity index (χ2n) is 4.09. The lowest BCUT2D eigenvalue weighted by atomic mass is 10.1. The van der Waals surface area contributed by atoms with Crippen LogP contribution in [0.15, 0.2) is 24.3 Å². The van der Waals surface area contributed by atoms with Gasteiger partial charge in [-0.05, 0) is 25.7 Å². The lowest BCUT2D eigenvalue weighted by molar-refractivity contribution is 0.100. The fraction of sp³-hybridized carbons (Fsp3) is 0.571. The van der Waals surface area contributed by atoms with E-state index in [9.17, 15) is 9.59 Å². The van der Waals surface area contributed by atoms with Gasteiger partial charge >= 0.3 is 12.3 Å². The Balaban J connectivity index is 3.20. The SMILES string of the molecule is O=C(O)OCC=CCCCCCCC=CCOC(=O)O. The molecule has 6 nitrogen and oxygen atoms in total. The Bertz CT molecular complexity index is 290. The molecule has 0 aromatic rings. The molecule has 114 valence electrons. The molecule has 0 aliphatic carbocycles. The lowest BCUT2D eigenvalue weighted by Gasteiger charge is -1.97. The van der Waals surface area contributed by atoms with Gasteiger partial charge in [0.1, 0.15) is 13.2 Å². The predicted molar refractivity (Wildman–Crippen MR) is 73.9 cm³/mol. The summed E-state index contributed by atoms with van der Waals surface area (Å²) in [6.45, 7) is 0.219. The van der Waals surface area contributed by atoms with Crippen molar-refractivity contribution in [3.05, 3.63) is 24.3 Å². The summed E-state index contributed by atoms with van der Waals surface area (Å²) in [4.78, 5) is 20.1. The molecule has 6 heteroatoms. The fourth-order valence-electron chi connectivity index (χ4n) is 1.49. The van der Waals surface area contributed by atoms with Crippen LogP contribution < -0.4 is 0 Å². The third-order valence-corrected chi connectivity index (χ3v) is 2.43. The van der Waals surface area contributed by atoms with Gasteiger partial charge in [-0.1, -0.05) is 37.1 Å². The minimum atomic E-state index is -1.25. The van der Waals surface area contributed by atoms with Crippen molar-refractivity contribution in [3.63, 3.8) is 0 Å². The highest BCUT2D eigenvalue weighted by Crippen LogP contribution is 2.06. The number of hydrogen-bond donors (Lipinski definition) is 2. The van der Waals surface area contributed by atoms with Crippen molar-refractivity contribution in [1.82, 2.24) is 0 Å². The number of hydrogen-bond acceptors (Lipinski definition) is 4. The maximum atomic E-state index is 10.0. The largest absolute Gasteiger partial charge is 0.506 e. The van der Waals surface area contributed by atoms with Crippen molar-refractivity contribution >= 4 is 12.3 Å². The molecule has 0 radical (unpaired) electrons. The molecule has 20 heavy (non-hydrogen) atoms. The third kappa shape index (κ3) is 16.0. The van der Waals surface area contributed by atoms with Crippen molar-refractivity contribution < 1.29 is 29.3 Å². The second kappa shape index (κ2) is 13.5. The van der Waals surface area contributed by atoms with E-state index in [-0.39, 0.29) is 13.2 Å². The molecule has 0 aromatic carbocycles. The minimum absolute atomic E-state index is 0.110. The van der Waals surface area contributed by atoms with Gasteiger partial charge in [-0.15, -0.1) is 0 Å². The average Bonchev–Trinajstić information content (AvgIpc) is 2.38. The Morgan fingerprint density at radius 2 is 1.10 bits per heavy atom. The number of carboxylic acid groups (broad SMARTS) is 2. The Kier molecular flexibility index (Phi) is 12.1. The molecular formula is C14H22O6. The number of ether oxygens (including phenoxy) is 2. The van der Waals surface area contributed by atoms with E-state index in [1.165, 1.54) is 0 Å². The first-order valence-electron chi connectivity index (χ1n) is 6.64. The highest BCUT2D eigenvalue weighted by molar-refractivity contribution is 5.57. The molecule has 0 fully saturated rings. The molecule has 0 aliphatic rings. The number of allylic oxidation sites excluding steroid dienone is 2. The summed E-state index contributed by atoms with van der Waals surface area (Å²) in [7, 11) is 0. The topological polar surface area (TPSA) is 93.1 Å². The van der Waals surface area contributed by atoms with Crippen LogP contribution in [0.25, 0.3) is 0 Å². The van der Waals surface area contributed by atoms with Crippen LogP contribution in [0, 0.1) is 0 Å². The molecule has 0 amide bonds. The Morgan fingerprint density at radius 3 is 1.45 bits per heavy atom. The van der Waals surface area contributed by atoms with Gasteiger partial charge in [-0.25, -0.2) is 9.59 Å². The van der Waals surface area contributed by atoms with Crippen molar-refractivity contribution in [3.8, 4) is 0 Å². The van der Waals surface area contributed by atoms with Crippen LogP contribution in [0.1, 0.15) is 38.5 Å². The molecular weight excluding hydrogens is 264 g/mol. The average molecular weight is 286 g/mol. The van der Waals surface area contributed by atoms with Crippen molar-refractivity contribution in [2.24, 2.45) is 0 Å². The molecule has 0 bridgehead atoms. The first-order chi connectivity index (χ1) is 9.63. The number of carbonyl (C=O) groups is 2. The first-order valence-corrected chi connectivity index (χ1v) is 6.64. The normalized spacial score (nSPS) is 11.0. The third-order valence-electron chi connectivity index (χ3n) is 2.43. The second-order valence-corrected chi connectivity index (χ2v) is 4.09. The first kappa shape index (κ1) is 18.0.